The first-order chi connectivity index (χ1) is 8.15. The molecule has 1 aromatic heterocycles. The SMILES string of the molecule is CSc1c(C(=O)c2ccccc2)cc(N)n1C. The summed E-state index contributed by atoms with van der Waals surface area (Å²) in [6, 6.07) is 11.0. The quantitative estimate of drug-likeness (QED) is 0.669. The predicted molar refractivity (Wildman–Crippen MR) is 71.5 cm³/mol. The van der Waals surface area contributed by atoms with Gasteiger partial charge < -0.3 is 10.3 Å². The van der Waals surface area contributed by atoms with Crippen molar-refractivity contribution in [1.82, 2.24) is 4.57 Å². The molecule has 88 valence electrons. The molecule has 4 heteroatoms. The van der Waals surface area contributed by atoms with Crippen LogP contribution < -0.4 is 5.73 Å². The van der Waals surface area contributed by atoms with Crippen LogP contribution in [0.3, 0.4) is 0 Å². The number of nitrogens with zero attached hydrogens (tertiary/aromatic N) is 1. The smallest absolute Gasteiger partial charge is 0.195 e. The highest BCUT2D eigenvalue weighted by Crippen LogP contribution is 2.27. The van der Waals surface area contributed by atoms with Crippen LogP contribution in [0.25, 0.3) is 0 Å². The monoisotopic (exact) mass is 246 g/mol. The number of ketones is 1. The number of aromatic nitrogens is 1. The van der Waals surface area contributed by atoms with Gasteiger partial charge in [-0.05, 0) is 12.3 Å². The highest BCUT2D eigenvalue weighted by molar-refractivity contribution is 7.98. The summed E-state index contributed by atoms with van der Waals surface area (Å²) >= 11 is 1.53. The second-order valence-corrected chi connectivity index (χ2v) is 4.54. The minimum Gasteiger partial charge on any atom is -0.385 e. The van der Waals surface area contributed by atoms with Gasteiger partial charge in [0, 0.05) is 12.6 Å². The maximum Gasteiger partial charge on any atom is 0.195 e. The first kappa shape index (κ1) is 11.8. The molecule has 0 spiro atoms. The summed E-state index contributed by atoms with van der Waals surface area (Å²) in [6.45, 7) is 0. The Kier molecular flexibility index (Phi) is 3.24. The standard InChI is InChI=1S/C13H14N2OS/c1-15-11(14)8-10(13(15)17-2)12(16)9-6-4-3-5-7-9/h3-8H,14H2,1-2H3. The zero-order chi connectivity index (χ0) is 12.4. The number of anilines is 1. The summed E-state index contributed by atoms with van der Waals surface area (Å²) in [5, 5.41) is 0.899. The van der Waals surface area contributed by atoms with E-state index in [2.05, 4.69) is 0 Å². The Morgan fingerprint density at radius 3 is 2.53 bits per heavy atom. The maximum atomic E-state index is 12.3. The Morgan fingerprint density at radius 2 is 1.94 bits per heavy atom. The van der Waals surface area contributed by atoms with Crippen molar-refractivity contribution in [3.63, 3.8) is 0 Å². The topological polar surface area (TPSA) is 48.0 Å². The molecule has 0 radical (unpaired) electrons. The zero-order valence-electron chi connectivity index (χ0n) is 9.81. The molecule has 0 atom stereocenters. The van der Waals surface area contributed by atoms with Crippen molar-refractivity contribution in [2.45, 2.75) is 5.03 Å². The first-order valence-electron chi connectivity index (χ1n) is 5.24. The van der Waals surface area contributed by atoms with Crippen LogP contribution in [0.15, 0.2) is 41.4 Å². The number of hydrogen-bond donors (Lipinski definition) is 1. The molecule has 17 heavy (non-hydrogen) atoms. The van der Waals surface area contributed by atoms with Crippen LogP contribution in [0.5, 0.6) is 0 Å². The number of carbonyl (C=O) groups is 1. The van der Waals surface area contributed by atoms with E-state index in [9.17, 15) is 4.79 Å². The second-order valence-electron chi connectivity index (χ2n) is 3.75. The molecule has 2 aromatic rings. The summed E-state index contributed by atoms with van der Waals surface area (Å²) in [7, 11) is 1.86. The predicted octanol–water partition coefficient (Wildman–Crippen LogP) is 2.56. The Bertz CT molecular complexity index is 546. The third kappa shape index (κ3) is 2.08. The number of nitrogen functional groups attached to an aromatic ring is 1. The van der Waals surface area contributed by atoms with Gasteiger partial charge in [0.15, 0.2) is 5.78 Å². The highest BCUT2D eigenvalue weighted by atomic mass is 32.2. The second kappa shape index (κ2) is 4.67. The fourth-order valence-electron chi connectivity index (χ4n) is 1.76. The van der Waals surface area contributed by atoms with Crippen molar-refractivity contribution >= 4 is 23.4 Å². The fourth-order valence-corrected chi connectivity index (χ4v) is 2.51. The van der Waals surface area contributed by atoms with Gasteiger partial charge >= 0.3 is 0 Å². The molecule has 2 N–H and O–H groups in total. The average molecular weight is 246 g/mol. The largest absolute Gasteiger partial charge is 0.385 e. The molecule has 1 heterocycles. The molecule has 0 aliphatic rings. The summed E-state index contributed by atoms with van der Waals surface area (Å²) < 4.78 is 1.83. The third-order valence-corrected chi connectivity index (χ3v) is 3.57. The van der Waals surface area contributed by atoms with Crippen molar-refractivity contribution in [2.75, 3.05) is 12.0 Å². The van der Waals surface area contributed by atoms with E-state index < -0.39 is 0 Å². The first-order valence-corrected chi connectivity index (χ1v) is 6.46. The van der Waals surface area contributed by atoms with Gasteiger partial charge in [-0.25, -0.2) is 0 Å². The van der Waals surface area contributed by atoms with E-state index in [-0.39, 0.29) is 5.78 Å². The van der Waals surface area contributed by atoms with E-state index in [0.29, 0.717) is 16.9 Å². The van der Waals surface area contributed by atoms with Crippen molar-refractivity contribution < 1.29 is 4.79 Å². The van der Waals surface area contributed by atoms with Crippen LogP contribution in [-0.2, 0) is 7.05 Å². The van der Waals surface area contributed by atoms with Gasteiger partial charge in [0.2, 0.25) is 0 Å². The summed E-state index contributed by atoms with van der Waals surface area (Å²) in [4.78, 5) is 12.3. The van der Waals surface area contributed by atoms with Crippen LogP contribution in [0, 0.1) is 0 Å². The highest BCUT2D eigenvalue weighted by Gasteiger charge is 2.17. The van der Waals surface area contributed by atoms with Crippen LogP contribution >= 0.6 is 11.8 Å². The Hall–Kier alpha value is -1.68. The Morgan fingerprint density at radius 1 is 1.29 bits per heavy atom. The third-order valence-electron chi connectivity index (χ3n) is 2.69. The maximum absolute atomic E-state index is 12.3. The molecule has 2 rings (SSSR count). The minimum atomic E-state index is 0.0160. The van der Waals surface area contributed by atoms with Gasteiger partial charge in [-0.1, -0.05) is 30.3 Å². The molecule has 0 saturated heterocycles. The molecule has 0 saturated carbocycles. The lowest BCUT2D eigenvalue weighted by molar-refractivity contribution is 0.103. The summed E-state index contributed by atoms with van der Waals surface area (Å²) in [6.07, 6.45) is 1.94. The van der Waals surface area contributed by atoms with Gasteiger partial charge in [-0.3, -0.25) is 4.79 Å². The number of rotatable bonds is 3. The van der Waals surface area contributed by atoms with Crippen molar-refractivity contribution in [3.05, 3.63) is 47.5 Å². The lowest BCUT2D eigenvalue weighted by Gasteiger charge is -2.04. The molecule has 3 nitrogen and oxygen atoms in total. The zero-order valence-corrected chi connectivity index (χ0v) is 10.6. The van der Waals surface area contributed by atoms with E-state index in [0.717, 1.165) is 5.03 Å². The number of thioether (sulfide) groups is 1. The van der Waals surface area contributed by atoms with Crippen LogP contribution in [-0.4, -0.2) is 16.6 Å². The number of benzene rings is 1. The Labute approximate surface area is 105 Å². The van der Waals surface area contributed by atoms with E-state index in [1.165, 1.54) is 11.8 Å². The van der Waals surface area contributed by atoms with Gasteiger partial charge in [0.05, 0.1) is 10.6 Å². The molecule has 0 fully saturated rings. The number of carbonyl (C=O) groups excluding carboxylic acids is 1. The number of hydrogen-bond acceptors (Lipinski definition) is 3. The molecule has 0 bridgehead atoms. The van der Waals surface area contributed by atoms with Crippen molar-refractivity contribution in [2.24, 2.45) is 7.05 Å². The van der Waals surface area contributed by atoms with Crippen molar-refractivity contribution in [1.29, 1.82) is 0 Å². The number of nitrogens with two attached hydrogens (primary N) is 1. The van der Waals surface area contributed by atoms with Crippen LogP contribution in [0.4, 0.5) is 5.82 Å². The minimum absolute atomic E-state index is 0.0160. The fraction of sp³-hybridized carbons (Fsp3) is 0.154. The summed E-state index contributed by atoms with van der Waals surface area (Å²) in [5.74, 6) is 0.621. The van der Waals surface area contributed by atoms with Crippen molar-refractivity contribution in [3.8, 4) is 0 Å². The molecular weight excluding hydrogens is 232 g/mol. The van der Waals surface area contributed by atoms with Gasteiger partial charge in [0.25, 0.3) is 0 Å². The molecular formula is C13H14N2OS. The summed E-state index contributed by atoms with van der Waals surface area (Å²) in [5.41, 5.74) is 7.19. The van der Waals surface area contributed by atoms with Gasteiger partial charge in [-0.15, -0.1) is 11.8 Å². The molecule has 0 unspecified atom stereocenters. The van der Waals surface area contributed by atoms with Gasteiger partial charge in [0.1, 0.15) is 5.82 Å². The van der Waals surface area contributed by atoms with Crippen LogP contribution in [0.2, 0.25) is 0 Å². The average Bonchev–Trinajstić information content (AvgIpc) is 2.65. The molecule has 0 aliphatic heterocycles. The molecule has 0 aliphatic carbocycles. The van der Waals surface area contributed by atoms with E-state index >= 15 is 0 Å². The normalized spacial score (nSPS) is 10.5. The Balaban J connectivity index is 2.48. The van der Waals surface area contributed by atoms with E-state index in [1.807, 2.05) is 48.2 Å². The lowest BCUT2D eigenvalue weighted by atomic mass is 10.1. The van der Waals surface area contributed by atoms with E-state index in [4.69, 9.17) is 5.73 Å². The van der Waals surface area contributed by atoms with Crippen LogP contribution in [0.1, 0.15) is 15.9 Å². The lowest BCUT2D eigenvalue weighted by Crippen LogP contribution is -2.02. The van der Waals surface area contributed by atoms with E-state index in [1.54, 1.807) is 6.07 Å². The van der Waals surface area contributed by atoms with Gasteiger partial charge in [-0.2, -0.15) is 0 Å². The molecule has 0 amide bonds. The molecule has 1 aromatic carbocycles.